The van der Waals surface area contributed by atoms with Crippen molar-refractivity contribution in [3.05, 3.63) is 35.9 Å². The van der Waals surface area contributed by atoms with Crippen LogP contribution in [0.2, 0.25) is 0 Å². The van der Waals surface area contributed by atoms with Gasteiger partial charge in [0.05, 0.1) is 0 Å². The molecule has 0 saturated carbocycles. The van der Waals surface area contributed by atoms with Crippen LogP contribution in [-0.2, 0) is 18.4 Å². The van der Waals surface area contributed by atoms with Gasteiger partial charge in [-0.1, -0.05) is 0 Å². The summed E-state index contributed by atoms with van der Waals surface area (Å²) in [6.07, 6.45) is 0. The summed E-state index contributed by atoms with van der Waals surface area (Å²) >= 11 is 1.88. The van der Waals surface area contributed by atoms with Gasteiger partial charge >= 0.3 is 63.7 Å². The van der Waals surface area contributed by atoms with Gasteiger partial charge < -0.3 is 0 Å². The average Bonchev–Trinajstić information content (AvgIpc) is 1.90. The van der Waals surface area contributed by atoms with Gasteiger partial charge in [-0.15, -0.1) is 0 Å². The molecule has 0 unspecified atom stereocenters. The molecule has 0 atom stereocenters. The van der Waals surface area contributed by atoms with Crippen LogP contribution in [0.5, 0.6) is 0 Å². The zero-order valence-electron chi connectivity index (χ0n) is 4.71. The van der Waals surface area contributed by atoms with E-state index in [4.69, 9.17) is 5.11 Å². The summed E-state index contributed by atoms with van der Waals surface area (Å²) < 4.78 is 0.341. The quantitative estimate of drug-likeness (QED) is 0.725. The first-order valence-corrected chi connectivity index (χ1v) is 3.50. The SMILES string of the molecule is O[C](=[Tc])c1ccccc1. The molecule has 0 aliphatic carbocycles. The van der Waals surface area contributed by atoms with Gasteiger partial charge in [0.15, 0.2) is 0 Å². The fraction of sp³-hybridized carbons (Fsp3) is 0. The van der Waals surface area contributed by atoms with E-state index >= 15 is 0 Å². The maximum atomic E-state index is 8.93. The van der Waals surface area contributed by atoms with E-state index in [1.807, 2.05) is 48.8 Å². The average molecular weight is 204 g/mol. The van der Waals surface area contributed by atoms with Crippen molar-refractivity contribution >= 4 is 4.21 Å². The second kappa shape index (κ2) is 3.02. The fourth-order valence-corrected chi connectivity index (χ4v) is 0.885. The first-order chi connectivity index (χ1) is 4.30. The van der Waals surface area contributed by atoms with Crippen LogP contribution in [0.25, 0.3) is 0 Å². The second-order valence-electron chi connectivity index (χ2n) is 1.66. The number of aliphatic hydroxyl groups excluding tert-OH is 1. The third-order valence-electron chi connectivity index (χ3n) is 1.01. The molecule has 0 amide bonds. The molecule has 1 aromatic rings. The van der Waals surface area contributed by atoms with Crippen molar-refractivity contribution in [2.75, 3.05) is 0 Å². The first-order valence-electron chi connectivity index (χ1n) is 2.57. The molecule has 1 aromatic carbocycles. The molecule has 0 fully saturated rings. The summed E-state index contributed by atoms with van der Waals surface area (Å²) in [6, 6.07) is 9.43. The van der Waals surface area contributed by atoms with Crippen LogP contribution in [-0.4, -0.2) is 9.32 Å². The zero-order valence-corrected chi connectivity index (χ0v) is 6.57. The van der Waals surface area contributed by atoms with E-state index in [0.717, 1.165) is 5.56 Å². The molecule has 1 N–H and O–H groups in total. The van der Waals surface area contributed by atoms with E-state index in [1.165, 1.54) is 0 Å². The van der Waals surface area contributed by atoms with Crippen LogP contribution < -0.4 is 0 Å². The van der Waals surface area contributed by atoms with E-state index in [0.29, 0.717) is 4.21 Å². The Morgan fingerprint density at radius 2 is 1.78 bits per heavy atom. The van der Waals surface area contributed by atoms with Gasteiger partial charge in [-0.2, -0.15) is 0 Å². The number of benzene rings is 1. The summed E-state index contributed by atoms with van der Waals surface area (Å²) in [5.41, 5.74) is 0.873. The molecule has 0 aliphatic heterocycles. The Balaban J connectivity index is 2.98. The van der Waals surface area contributed by atoms with E-state index in [9.17, 15) is 0 Å². The van der Waals surface area contributed by atoms with E-state index in [1.54, 1.807) is 0 Å². The van der Waals surface area contributed by atoms with Crippen molar-refractivity contribution < 1.29 is 23.6 Å². The summed E-state index contributed by atoms with van der Waals surface area (Å²) in [5.74, 6) is 0. The monoisotopic (exact) mass is 203 g/mol. The molecule has 1 nitrogen and oxygen atoms in total. The van der Waals surface area contributed by atoms with Crippen LogP contribution in [0, 0.1) is 0 Å². The van der Waals surface area contributed by atoms with Gasteiger partial charge in [-0.25, -0.2) is 0 Å². The van der Waals surface area contributed by atoms with Crippen molar-refractivity contribution in [2.24, 2.45) is 0 Å². The minimum absolute atomic E-state index is 0.341. The van der Waals surface area contributed by atoms with E-state index < -0.39 is 0 Å². The van der Waals surface area contributed by atoms with Crippen molar-refractivity contribution in [3.63, 3.8) is 0 Å². The molecule has 0 bridgehead atoms. The van der Waals surface area contributed by atoms with Crippen molar-refractivity contribution in [1.82, 2.24) is 0 Å². The van der Waals surface area contributed by atoms with Crippen LogP contribution in [0.1, 0.15) is 5.56 Å². The Morgan fingerprint density at radius 1 is 1.22 bits per heavy atom. The molecule has 0 saturated heterocycles. The predicted octanol–water partition coefficient (Wildman–Crippen LogP) is 1.08. The molecule has 2 heteroatoms. The number of hydrogen-bond acceptors (Lipinski definition) is 1. The summed E-state index contributed by atoms with van der Waals surface area (Å²) in [7, 11) is 0. The molecule has 0 aromatic heterocycles. The number of rotatable bonds is 1. The summed E-state index contributed by atoms with van der Waals surface area (Å²) in [5, 5.41) is 8.93. The third kappa shape index (κ3) is 1.83. The number of aliphatic hydroxyl groups is 1. The second-order valence-corrected chi connectivity index (χ2v) is 2.54. The topological polar surface area (TPSA) is 20.2 Å². The molecule has 0 spiro atoms. The Bertz CT molecular complexity index is 205. The fourth-order valence-electron chi connectivity index (χ4n) is 0.576. The minimum atomic E-state index is 0.341. The normalized spacial score (nSPS) is 9.00. The van der Waals surface area contributed by atoms with Crippen LogP contribution >= 0.6 is 0 Å². The van der Waals surface area contributed by atoms with Gasteiger partial charge in [-0.05, 0) is 0 Å². The standard InChI is InChI=1S/C7H6O.Tc/c8-6-7-4-2-1-3-5-7;/h1-5,8H;. The first kappa shape index (κ1) is 6.81. The van der Waals surface area contributed by atoms with Gasteiger partial charge in [0.2, 0.25) is 0 Å². The maximum absolute atomic E-state index is 8.93. The van der Waals surface area contributed by atoms with Crippen LogP contribution in [0.15, 0.2) is 30.3 Å². The third-order valence-corrected chi connectivity index (χ3v) is 1.55. The zero-order chi connectivity index (χ0) is 6.69. The summed E-state index contributed by atoms with van der Waals surface area (Å²) in [4.78, 5) is 0. The van der Waals surface area contributed by atoms with Crippen molar-refractivity contribution in [3.8, 4) is 0 Å². The Hall–Kier alpha value is -0.301. The van der Waals surface area contributed by atoms with E-state index in [-0.39, 0.29) is 0 Å². The molecule has 0 radical (unpaired) electrons. The Kier molecular flexibility index (Phi) is 2.29. The van der Waals surface area contributed by atoms with E-state index in [2.05, 4.69) is 0 Å². The van der Waals surface area contributed by atoms with Gasteiger partial charge in [-0.3, -0.25) is 0 Å². The molecule has 1 rings (SSSR count). The number of hydrogen-bond donors (Lipinski definition) is 1. The van der Waals surface area contributed by atoms with Crippen molar-refractivity contribution in [1.29, 1.82) is 0 Å². The predicted molar refractivity (Wildman–Crippen MR) is 32.5 cm³/mol. The van der Waals surface area contributed by atoms with Gasteiger partial charge in [0, 0.05) is 0 Å². The van der Waals surface area contributed by atoms with Gasteiger partial charge in [0.25, 0.3) is 0 Å². The molecule has 0 heterocycles. The Labute approximate surface area is 64.0 Å². The van der Waals surface area contributed by atoms with Gasteiger partial charge in [0.1, 0.15) is 0 Å². The molecule has 0 aliphatic rings. The molecular formula is C7H6OTc. The summed E-state index contributed by atoms with van der Waals surface area (Å²) in [6.45, 7) is 0. The van der Waals surface area contributed by atoms with Crippen LogP contribution in [0.4, 0.5) is 0 Å². The molecular weight excluding hydrogens is 198 g/mol. The molecule has 47 valence electrons. The van der Waals surface area contributed by atoms with Crippen LogP contribution in [0.3, 0.4) is 0 Å². The van der Waals surface area contributed by atoms with Crippen molar-refractivity contribution in [2.45, 2.75) is 0 Å². The molecule has 9 heavy (non-hydrogen) atoms. The Morgan fingerprint density at radius 3 is 2.11 bits per heavy atom.